The minimum Gasteiger partial charge on any atom is -0.495 e. The van der Waals surface area contributed by atoms with E-state index in [2.05, 4.69) is 17.5 Å². The van der Waals surface area contributed by atoms with Gasteiger partial charge in [-0.05, 0) is 53.9 Å². The summed E-state index contributed by atoms with van der Waals surface area (Å²) >= 11 is 6.15. The third-order valence-corrected chi connectivity index (χ3v) is 8.24. The van der Waals surface area contributed by atoms with Crippen LogP contribution < -0.4 is 10.1 Å². The molecule has 0 aromatic heterocycles. The maximum absolute atomic E-state index is 13.7. The summed E-state index contributed by atoms with van der Waals surface area (Å²) in [7, 11) is 1.51. The maximum Gasteiger partial charge on any atom is 0.248 e. The van der Waals surface area contributed by atoms with Gasteiger partial charge in [-0.1, -0.05) is 54.1 Å². The van der Waals surface area contributed by atoms with Gasteiger partial charge in [-0.25, -0.2) is 0 Å². The van der Waals surface area contributed by atoms with Crippen LogP contribution in [0, 0.1) is 35.5 Å². The van der Waals surface area contributed by atoms with Crippen molar-refractivity contribution < 1.29 is 19.1 Å². The van der Waals surface area contributed by atoms with Crippen molar-refractivity contribution in [2.45, 2.75) is 18.9 Å². The molecule has 0 radical (unpaired) electrons. The van der Waals surface area contributed by atoms with Crippen molar-refractivity contribution in [3.8, 4) is 5.75 Å². The normalized spacial score (nSPS) is 31.2. The Morgan fingerprint density at radius 2 is 1.71 bits per heavy atom. The van der Waals surface area contributed by atoms with E-state index in [4.69, 9.17) is 16.3 Å². The molecule has 5 aliphatic rings. The number of hydrogen-bond donors (Lipinski definition) is 1. The van der Waals surface area contributed by atoms with E-state index < -0.39 is 11.9 Å². The van der Waals surface area contributed by atoms with Crippen molar-refractivity contribution in [1.29, 1.82) is 0 Å². The van der Waals surface area contributed by atoms with Crippen LogP contribution in [-0.4, -0.2) is 35.8 Å². The number of rotatable bonds is 6. The van der Waals surface area contributed by atoms with E-state index in [1.54, 1.807) is 18.2 Å². The topological polar surface area (TPSA) is 75.7 Å². The lowest BCUT2D eigenvalue weighted by Gasteiger charge is -2.37. The predicted molar refractivity (Wildman–Crippen MR) is 127 cm³/mol. The molecule has 1 N–H and O–H groups in total. The van der Waals surface area contributed by atoms with E-state index in [1.807, 2.05) is 30.3 Å². The van der Waals surface area contributed by atoms with E-state index in [0.717, 1.165) is 12.0 Å². The van der Waals surface area contributed by atoms with Gasteiger partial charge in [0.15, 0.2) is 0 Å². The number of ether oxygens (including phenoxy) is 1. The first-order chi connectivity index (χ1) is 16.5. The monoisotopic (exact) mass is 476 g/mol. The molecule has 174 valence electrons. The van der Waals surface area contributed by atoms with Crippen molar-refractivity contribution in [1.82, 2.24) is 4.90 Å². The highest BCUT2D eigenvalue weighted by Gasteiger charge is 2.67. The molecule has 2 aromatic carbocycles. The highest BCUT2D eigenvalue weighted by atomic mass is 35.5. The predicted octanol–water partition coefficient (Wildman–Crippen LogP) is 3.95. The van der Waals surface area contributed by atoms with E-state index in [-0.39, 0.29) is 41.9 Å². The fourth-order valence-corrected chi connectivity index (χ4v) is 6.59. The fourth-order valence-electron chi connectivity index (χ4n) is 6.42. The summed E-state index contributed by atoms with van der Waals surface area (Å²) in [6, 6.07) is 13.4. The van der Waals surface area contributed by atoms with Crippen molar-refractivity contribution in [2.24, 2.45) is 35.5 Å². The van der Waals surface area contributed by atoms with Gasteiger partial charge >= 0.3 is 0 Å². The first kappa shape index (κ1) is 21.4. The third kappa shape index (κ3) is 3.27. The number of anilines is 1. The standard InChI is InChI=1S/C27H25ClN2O4/c1-34-22-10-7-15(28)12-20(22)29-25(31)21(11-14-5-3-2-4-6-14)30-26(32)23-16-8-9-17(19-13-18(16)19)24(23)27(30)33/h2-10,12,16-19,21,23-24H,11,13H2,1H3,(H,29,31)/t16-,17-,18-,19+,21-,23+,24+/m0/s1. The van der Waals surface area contributed by atoms with Gasteiger partial charge in [-0.2, -0.15) is 0 Å². The Hall–Kier alpha value is -3.12. The van der Waals surface area contributed by atoms with Gasteiger partial charge in [0.2, 0.25) is 17.7 Å². The molecule has 7 heteroatoms. The van der Waals surface area contributed by atoms with E-state index in [1.165, 1.54) is 12.0 Å². The molecule has 2 aromatic rings. The maximum atomic E-state index is 13.7. The van der Waals surface area contributed by atoms with Gasteiger partial charge < -0.3 is 10.1 Å². The smallest absolute Gasteiger partial charge is 0.248 e. The highest BCUT2D eigenvalue weighted by molar-refractivity contribution is 6.31. The first-order valence-electron chi connectivity index (χ1n) is 11.7. The SMILES string of the molecule is COc1ccc(Cl)cc1NC(=O)[C@H](Cc1ccccc1)N1C(=O)[C@@H]2[C@H]3C=C[C@@H]([C@@H]4C[C@H]34)[C@H]2C1=O. The highest BCUT2D eigenvalue weighted by Crippen LogP contribution is 2.65. The number of carbonyl (C=O) groups excluding carboxylic acids is 3. The minimum absolute atomic E-state index is 0.106. The Bertz CT molecular complexity index is 1180. The zero-order chi connectivity index (χ0) is 23.6. The van der Waals surface area contributed by atoms with Crippen LogP contribution in [0.2, 0.25) is 5.02 Å². The lowest BCUT2D eigenvalue weighted by Crippen LogP contribution is -2.49. The van der Waals surface area contributed by atoms with Gasteiger partial charge in [0.1, 0.15) is 11.8 Å². The summed E-state index contributed by atoms with van der Waals surface area (Å²) in [5.41, 5.74) is 1.28. The van der Waals surface area contributed by atoms with Gasteiger partial charge in [0.05, 0.1) is 24.6 Å². The van der Waals surface area contributed by atoms with Crippen LogP contribution >= 0.6 is 11.6 Å². The Morgan fingerprint density at radius 3 is 2.32 bits per heavy atom. The molecule has 7 atom stereocenters. The van der Waals surface area contributed by atoms with Crippen LogP contribution in [-0.2, 0) is 20.8 Å². The summed E-state index contributed by atoms with van der Waals surface area (Å²) in [5.74, 6) is 0.111. The Kier molecular flexibility index (Phi) is 5.03. The second kappa shape index (κ2) is 7.98. The van der Waals surface area contributed by atoms with E-state index in [9.17, 15) is 14.4 Å². The van der Waals surface area contributed by atoms with Crippen molar-refractivity contribution in [3.05, 3.63) is 71.3 Å². The molecule has 4 aliphatic carbocycles. The minimum atomic E-state index is -0.965. The molecule has 34 heavy (non-hydrogen) atoms. The lowest BCUT2D eigenvalue weighted by molar-refractivity contribution is -0.146. The van der Waals surface area contributed by atoms with Crippen molar-refractivity contribution >= 4 is 35.0 Å². The number of amides is 3. The molecule has 1 heterocycles. The Morgan fingerprint density at radius 1 is 1.06 bits per heavy atom. The van der Waals surface area contributed by atoms with Crippen molar-refractivity contribution in [2.75, 3.05) is 12.4 Å². The molecule has 7 rings (SSSR count). The van der Waals surface area contributed by atoms with Crippen LogP contribution in [0.5, 0.6) is 5.75 Å². The summed E-state index contributed by atoms with van der Waals surface area (Å²) < 4.78 is 5.37. The molecule has 2 saturated carbocycles. The number of benzene rings is 2. The second-order valence-electron chi connectivity index (χ2n) is 9.74. The molecule has 3 amide bonds. The van der Waals surface area contributed by atoms with Crippen LogP contribution in [0.1, 0.15) is 12.0 Å². The first-order valence-corrected chi connectivity index (χ1v) is 12.1. The molecule has 3 fully saturated rings. The number of allylic oxidation sites excluding steroid dienone is 2. The molecule has 1 aliphatic heterocycles. The zero-order valence-electron chi connectivity index (χ0n) is 18.7. The Labute approximate surface area is 202 Å². The van der Waals surface area contributed by atoms with Crippen LogP contribution in [0.4, 0.5) is 5.69 Å². The second-order valence-corrected chi connectivity index (χ2v) is 10.2. The molecule has 0 spiro atoms. The summed E-state index contributed by atoms with van der Waals surface area (Å²) in [6.07, 6.45) is 5.61. The number of carbonyl (C=O) groups is 3. The molecular formula is C27H25ClN2O4. The van der Waals surface area contributed by atoms with Crippen molar-refractivity contribution in [3.63, 3.8) is 0 Å². The lowest BCUT2D eigenvalue weighted by atomic mass is 9.63. The van der Waals surface area contributed by atoms with Crippen LogP contribution in [0.3, 0.4) is 0 Å². The van der Waals surface area contributed by atoms with Gasteiger partial charge in [0.25, 0.3) is 0 Å². The number of nitrogens with zero attached hydrogens (tertiary/aromatic N) is 1. The van der Waals surface area contributed by atoms with Gasteiger partial charge in [-0.3, -0.25) is 19.3 Å². The van der Waals surface area contributed by atoms with E-state index in [0.29, 0.717) is 28.3 Å². The number of halogens is 1. The quantitative estimate of drug-likeness (QED) is 0.506. The zero-order valence-corrected chi connectivity index (χ0v) is 19.4. The fraction of sp³-hybridized carbons (Fsp3) is 0.370. The largest absolute Gasteiger partial charge is 0.495 e. The molecule has 0 unspecified atom stereocenters. The van der Waals surface area contributed by atoms with Crippen LogP contribution in [0.15, 0.2) is 60.7 Å². The average Bonchev–Trinajstić information content (AvgIpc) is 3.62. The summed E-state index contributed by atoms with van der Waals surface area (Å²) in [6.45, 7) is 0. The number of hydrogen-bond acceptors (Lipinski definition) is 4. The summed E-state index contributed by atoms with van der Waals surface area (Å²) in [5, 5.41) is 3.31. The molecule has 6 nitrogen and oxygen atoms in total. The molecular weight excluding hydrogens is 452 g/mol. The number of nitrogens with one attached hydrogen (secondary N) is 1. The number of methoxy groups -OCH3 is 1. The summed E-state index contributed by atoms with van der Waals surface area (Å²) in [4.78, 5) is 42.3. The number of imide groups is 1. The van der Waals surface area contributed by atoms with Crippen LogP contribution in [0.25, 0.3) is 0 Å². The Balaban J connectivity index is 1.34. The molecule has 1 saturated heterocycles. The third-order valence-electron chi connectivity index (χ3n) is 8.00. The average molecular weight is 477 g/mol. The van der Waals surface area contributed by atoms with Gasteiger partial charge in [-0.15, -0.1) is 0 Å². The van der Waals surface area contributed by atoms with Gasteiger partial charge in [0, 0.05) is 11.4 Å². The van der Waals surface area contributed by atoms with E-state index >= 15 is 0 Å². The molecule has 2 bridgehead atoms. The number of likely N-dealkylation sites (tertiary alicyclic amines) is 1.